The molecule has 0 saturated carbocycles. The van der Waals surface area contributed by atoms with Gasteiger partial charge in [0.05, 0.1) is 17.6 Å². The van der Waals surface area contributed by atoms with Gasteiger partial charge in [-0.05, 0) is 69.0 Å². The van der Waals surface area contributed by atoms with E-state index >= 15 is 0 Å². The number of benzene rings is 1. The maximum atomic E-state index is 12.7. The van der Waals surface area contributed by atoms with Crippen LogP contribution in [0.1, 0.15) is 25.7 Å². The van der Waals surface area contributed by atoms with Crippen molar-refractivity contribution in [1.29, 1.82) is 0 Å². The van der Waals surface area contributed by atoms with Crippen LogP contribution in [-0.2, 0) is 0 Å². The molecule has 5 nitrogen and oxygen atoms in total. The molecule has 1 aromatic heterocycles. The Hall–Kier alpha value is -1.56. The van der Waals surface area contributed by atoms with E-state index in [-0.39, 0.29) is 10.6 Å². The lowest BCUT2D eigenvalue weighted by Crippen LogP contribution is -2.39. The second-order valence-electron chi connectivity index (χ2n) is 7.48. The molecule has 2 fully saturated rings. The number of likely N-dealkylation sites (tertiary alicyclic amines) is 1. The Labute approximate surface area is 169 Å². The predicted octanol–water partition coefficient (Wildman–Crippen LogP) is 3.85. The Bertz CT molecular complexity index is 838. The molecule has 4 rings (SSSR count). The summed E-state index contributed by atoms with van der Waals surface area (Å²) in [5.74, 6) is 0.737. The normalized spacial score (nSPS) is 19.0. The Morgan fingerprint density at radius 1 is 1.00 bits per heavy atom. The van der Waals surface area contributed by atoms with E-state index in [1.54, 1.807) is 30.5 Å². The minimum Gasteiger partial charge on any atom is -0.369 e. The van der Waals surface area contributed by atoms with Crippen molar-refractivity contribution in [2.45, 2.75) is 25.7 Å². The zero-order chi connectivity index (χ0) is 18.8. The van der Waals surface area contributed by atoms with Crippen molar-refractivity contribution in [2.24, 2.45) is 5.92 Å². The minimum absolute atomic E-state index is 0.234. The Balaban J connectivity index is 1.46. The van der Waals surface area contributed by atoms with Gasteiger partial charge in [-0.1, -0.05) is 23.2 Å². The first-order valence-electron chi connectivity index (χ1n) is 9.63. The molecule has 2 aliphatic heterocycles. The predicted molar refractivity (Wildman–Crippen MR) is 110 cm³/mol. The molecular formula is C20H24Cl2N4O. The third kappa shape index (κ3) is 4.15. The molecule has 2 saturated heterocycles. The summed E-state index contributed by atoms with van der Waals surface area (Å²) < 4.78 is 1.32. The first-order valence-corrected chi connectivity index (χ1v) is 10.4. The summed E-state index contributed by atoms with van der Waals surface area (Å²) in [4.78, 5) is 17.5. The van der Waals surface area contributed by atoms with E-state index in [9.17, 15) is 4.79 Å². The third-order valence-corrected chi connectivity index (χ3v) is 6.25. The Kier molecular flexibility index (Phi) is 5.71. The van der Waals surface area contributed by atoms with Gasteiger partial charge in [-0.15, -0.1) is 0 Å². The van der Waals surface area contributed by atoms with E-state index in [1.807, 2.05) is 0 Å². The first-order chi connectivity index (χ1) is 13.1. The van der Waals surface area contributed by atoms with E-state index in [1.165, 1.54) is 37.2 Å². The van der Waals surface area contributed by atoms with Crippen molar-refractivity contribution in [2.75, 3.05) is 37.6 Å². The summed E-state index contributed by atoms with van der Waals surface area (Å²) in [6.07, 6.45) is 6.65. The SMILES string of the molecule is O=c1c(Cl)c(N2CCC(CN3CCCC3)CC2)cnn1-c1ccc(Cl)cc1. The Morgan fingerprint density at radius 3 is 2.33 bits per heavy atom. The maximum absolute atomic E-state index is 12.7. The Morgan fingerprint density at radius 2 is 1.67 bits per heavy atom. The van der Waals surface area contributed by atoms with Gasteiger partial charge in [0.15, 0.2) is 0 Å². The lowest BCUT2D eigenvalue weighted by atomic mass is 9.96. The highest BCUT2D eigenvalue weighted by Crippen LogP contribution is 2.28. The van der Waals surface area contributed by atoms with Crippen LogP contribution in [0.25, 0.3) is 5.69 Å². The molecule has 0 bridgehead atoms. The maximum Gasteiger partial charge on any atom is 0.292 e. The molecule has 0 atom stereocenters. The van der Waals surface area contributed by atoms with Crippen molar-refractivity contribution in [3.8, 4) is 5.69 Å². The molecule has 144 valence electrons. The van der Waals surface area contributed by atoms with E-state index in [0.717, 1.165) is 37.5 Å². The van der Waals surface area contributed by atoms with Gasteiger partial charge in [-0.2, -0.15) is 9.78 Å². The van der Waals surface area contributed by atoms with Crippen LogP contribution in [0.4, 0.5) is 5.69 Å². The second kappa shape index (κ2) is 8.21. The molecule has 2 aliphatic rings. The quantitative estimate of drug-likeness (QED) is 0.772. The fourth-order valence-corrected chi connectivity index (χ4v) is 4.47. The summed E-state index contributed by atoms with van der Waals surface area (Å²) in [6.45, 7) is 5.55. The van der Waals surface area contributed by atoms with E-state index in [0.29, 0.717) is 10.7 Å². The molecule has 0 radical (unpaired) electrons. The van der Waals surface area contributed by atoms with E-state index < -0.39 is 0 Å². The highest BCUT2D eigenvalue weighted by atomic mass is 35.5. The second-order valence-corrected chi connectivity index (χ2v) is 8.29. The smallest absolute Gasteiger partial charge is 0.292 e. The molecule has 3 heterocycles. The molecule has 1 aromatic carbocycles. The molecule has 0 spiro atoms. The van der Waals surface area contributed by atoms with Gasteiger partial charge in [-0.25, -0.2) is 0 Å². The number of rotatable bonds is 4. The lowest BCUT2D eigenvalue weighted by molar-refractivity contribution is 0.249. The van der Waals surface area contributed by atoms with Crippen LogP contribution in [-0.4, -0.2) is 47.4 Å². The van der Waals surface area contributed by atoms with Gasteiger partial charge < -0.3 is 9.80 Å². The largest absolute Gasteiger partial charge is 0.369 e. The fraction of sp³-hybridized carbons (Fsp3) is 0.500. The summed E-state index contributed by atoms with van der Waals surface area (Å²) in [6, 6.07) is 6.99. The van der Waals surface area contributed by atoms with Crippen molar-refractivity contribution in [1.82, 2.24) is 14.7 Å². The van der Waals surface area contributed by atoms with E-state index in [2.05, 4.69) is 14.9 Å². The molecule has 0 aliphatic carbocycles. The summed E-state index contributed by atoms with van der Waals surface area (Å²) in [5.41, 5.74) is 1.10. The van der Waals surface area contributed by atoms with Crippen LogP contribution in [0.5, 0.6) is 0 Å². The van der Waals surface area contributed by atoms with Crippen LogP contribution >= 0.6 is 23.2 Å². The molecule has 7 heteroatoms. The van der Waals surface area contributed by atoms with Crippen LogP contribution < -0.4 is 10.5 Å². The van der Waals surface area contributed by atoms with Gasteiger partial charge in [0.25, 0.3) is 5.56 Å². The van der Waals surface area contributed by atoms with Crippen LogP contribution in [0.15, 0.2) is 35.3 Å². The number of halogens is 2. The fourth-order valence-electron chi connectivity index (χ4n) is 4.10. The summed E-state index contributed by atoms with van der Waals surface area (Å²) >= 11 is 12.4. The summed E-state index contributed by atoms with van der Waals surface area (Å²) in [5, 5.41) is 5.19. The highest BCUT2D eigenvalue weighted by molar-refractivity contribution is 6.33. The molecule has 27 heavy (non-hydrogen) atoms. The molecule has 0 N–H and O–H groups in total. The van der Waals surface area contributed by atoms with Crippen molar-refractivity contribution in [3.05, 3.63) is 50.9 Å². The molecular weight excluding hydrogens is 383 g/mol. The zero-order valence-electron chi connectivity index (χ0n) is 15.3. The standard InChI is InChI=1S/C20H24Cl2N4O/c21-16-3-5-17(6-4-16)26-20(27)19(22)18(13-23-26)25-11-7-15(8-12-25)14-24-9-1-2-10-24/h3-6,13,15H,1-2,7-12,14H2. The lowest BCUT2D eigenvalue weighted by Gasteiger charge is -2.35. The van der Waals surface area contributed by atoms with E-state index in [4.69, 9.17) is 23.2 Å². The van der Waals surface area contributed by atoms with Crippen molar-refractivity contribution >= 4 is 28.9 Å². The molecule has 0 unspecified atom stereocenters. The first kappa shape index (κ1) is 18.8. The van der Waals surface area contributed by atoms with Crippen molar-refractivity contribution < 1.29 is 0 Å². The van der Waals surface area contributed by atoms with Gasteiger partial charge >= 0.3 is 0 Å². The molecule has 0 amide bonds. The number of piperidine rings is 1. The highest BCUT2D eigenvalue weighted by Gasteiger charge is 2.25. The number of anilines is 1. The number of hydrogen-bond donors (Lipinski definition) is 0. The van der Waals surface area contributed by atoms with Crippen LogP contribution in [0.3, 0.4) is 0 Å². The van der Waals surface area contributed by atoms with Gasteiger partial charge in [0, 0.05) is 24.7 Å². The minimum atomic E-state index is -0.296. The van der Waals surface area contributed by atoms with Gasteiger partial charge in [0.1, 0.15) is 5.02 Å². The number of hydrogen-bond acceptors (Lipinski definition) is 4. The van der Waals surface area contributed by atoms with Crippen LogP contribution in [0.2, 0.25) is 10.0 Å². The van der Waals surface area contributed by atoms with Crippen LogP contribution in [0, 0.1) is 5.92 Å². The monoisotopic (exact) mass is 406 g/mol. The summed E-state index contributed by atoms with van der Waals surface area (Å²) in [7, 11) is 0. The topological polar surface area (TPSA) is 41.4 Å². The zero-order valence-corrected chi connectivity index (χ0v) is 16.8. The van der Waals surface area contributed by atoms with Crippen molar-refractivity contribution in [3.63, 3.8) is 0 Å². The number of aromatic nitrogens is 2. The average Bonchev–Trinajstić information content (AvgIpc) is 3.19. The van der Waals surface area contributed by atoms with Gasteiger partial charge in [-0.3, -0.25) is 4.79 Å². The average molecular weight is 407 g/mol. The number of nitrogens with zero attached hydrogens (tertiary/aromatic N) is 4. The molecule has 2 aromatic rings. The third-order valence-electron chi connectivity index (χ3n) is 5.64. The van der Waals surface area contributed by atoms with Gasteiger partial charge in [0.2, 0.25) is 0 Å².